The first kappa shape index (κ1) is 19.6. The second-order valence-corrected chi connectivity index (χ2v) is 8.00. The van der Waals surface area contributed by atoms with Gasteiger partial charge in [-0.1, -0.05) is 6.07 Å². The average molecular weight is 416 g/mol. The highest BCUT2D eigenvalue weighted by molar-refractivity contribution is 5.85. The lowest BCUT2D eigenvalue weighted by Gasteiger charge is -2.11. The van der Waals surface area contributed by atoms with Crippen molar-refractivity contribution in [3.63, 3.8) is 0 Å². The molecule has 1 aromatic carbocycles. The molecule has 1 fully saturated rings. The lowest BCUT2D eigenvalue weighted by molar-refractivity contribution is 0.120. The number of aromatic amines is 1. The van der Waals surface area contributed by atoms with Crippen LogP contribution < -0.4 is 5.32 Å². The minimum Gasteiger partial charge on any atom is -0.376 e. The van der Waals surface area contributed by atoms with Gasteiger partial charge >= 0.3 is 0 Å². The second kappa shape index (κ2) is 8.39. The van der Waals surface area contributed by atoms with Gasteiger partial charge in [0.05, 0.1) is 17.3 Å². The first-order valence-electron chi connectivity index (χ1n) is 10.6. The Morgan fingerprint density at radius 3 is 2.74 bits per heavy atom. The van der Waals surface area contributed by atoms with Gasteiger partial charge in [-0.2, -0.15) is 5.10 Å². The van der Waals surface area contributed by atoms with E-state index < -0.39 is 0 Å². The number of anilines is 1. The van der Waals surface area contributed by atoms with Crippen LogP contribution in [-0.2, 0) is 11.2 Å². The molecule has 1 saturated heterocycles. The van der Waals surface area contributed by atoms with Crippen LogP contribution >= 0.6 is 0 Å². The summed E-state index contributed by atoms with van der Waals surface area (Å²) in [6.07, 6.45) is 6.79. The molecule has 2 N–H and O–H groups in total. The minimum atomic E-state index is 0.255. The zero-order valence-corrected chi connectivity index (χ0v) is 17.7. The van der Waals surface area contributed by atoms with E-state index in [1.54, 1.807) is 0 Å². The Morgan fingerprint density at radius 1 is 1.13 bits per heavy atom. The third kappa shape index (κ3) is 4.39. The fourth-order valence-corrected chi connectivity index (χ4v) is 3.91. The van der Waals surface area contributed by atoms with E-state index in [-0.39, 0.29) is 6.10 Å². The molecule has 31 heavy (non-hydrogen) atoms. The van der Waals surface area contributed by atoms with E-state index in [0.717, 1.165) is 70.9 Å². The van der Waals surface area contributed by atoms with Crippen LogP contribution in [0.2, 0.25) is 0 Å². The highest BCUT2D eigenvalue weighted by Crippen LogP contribution is 2.25. The van der Waals surface area contributed by atoms with Gasteiger partial charge in [0.15, 0.2) is 5.82 Å². The fourth-order valence-electron chi connectivity index (χ4n) is 3.91. The molecule has 1 unspecified atom stereocenters. The lowest BCUT2D eigenvalue weighted by atomic mass is 10.0. The van der Waals surface area contributed by atoms with Crippen molar-refractivity contribution in [2.45, 2.75) is 39.2 Å². The standard InChI is InChI=1S/C23H25N7O/c1-14-8-21(17-11-24-23(25-12-17)26-13-18-4-3-7-31-18)28-20-6-5-16(9-19(14)20)10-22-27-15(2)29-30-22/h5-6,8-9,11-12,18H,3-4,7,10,13H2,1-2H3,(H,24,25,26)(H,27,29,30). The smallest absolute Gasteiger partial charge is 0.222 e. The molecule has 0 radical (unpaired) electrons. The Labute approximate surface area is 180 Å². The fraction of sp³-hybridized carbons (Fsp3) is 0.348. The van der Waals surface area contributed by atoms with Crippen molar-refractivity contribution >= 4 is 16.9 Å². The Morgan fingerprint density at radius 2 is 2.00 bits per heavy atom. The molecule has 1 atom stereocenters. The highest BCUT2D eigenvalue weighted by atomic mass is 16.5. The number of benzene rings is 1. The molecule has 0 amide bonds. The maximum atomic E-state index is 5.63. The summed E-state index contributed by atoms with van der Waals surface area (Å²) in [5, 5.41) is 11.5. The first-order chi connectivity index (χ1) is 15.1. The molecule has 4 heterocycles. The number of H-pyrrole nitrogens is 1. The highest BCUT2D eigenvalue weighted by Gasteiger charge is 2.15. The van der Waals surface area contributed by atoms with Crippen molar-refractivity contribution in [1.82, 2.24) is 30.1 Å². The van der Waals surface area contributed by atoms with Crippen LogP contribution in [0, 0.1) is 13.8 Å². The Balaban J connectivity index is 1.34. The summed E-state index contributed by atoms with van der Waals surface area (Å²) < 4.78 is 5.63. The predicted molar refractivity (Wildman–Crippen MR) is 119 cm³/mol. The van der Waals surface area contributed by atoms with E-state index in [2.05, 4.69) is 61.7 Å². The lowest BCUT2D eigenvalue weighted by Crippen LogP contribution is -2.19. The van der Waals surface area contributed by atoms with Crippen molar-refractivity contribution in [1.29, 1.82) is 0 Å². The summed E-state index contributed by atoms with van der Waals surface area (Å²) >= 11 is 0. The van der Waals surface area contributed by atoms with Crippen molar-refractivity contribution in [3.8, 4) is 11.3 Å². The molecule has 0 spiro atoms. The second-order valence-electron chi connectivity index (χ2n) is 8.00. The normalized spacial score (nSPS) is 16.1. The zero-order chi connectivity index (χ0) is 21.2. The van der Waals surface area contributed by atoms with Crippen molar-refractivity contribution in [2.24, 2.45) is 0 Å². The van der Waals surface area contributed by atoms with Crippen molar-refractivity contribution in [3.05, 3.63) is 59.4 Å². The van der Waals surface area contributed by atoms with Crippen LogP contribution in [-0.4, -0.2) is 49.4 Å². The summed E-state index contributed by atoms with van der Waals surface area (Å²) in [6.45, 7) is 5.60. The van der Waals surface area contributed by atoms with Crippen LogP contribution in [0.5, 0.6) is 0 Å². The number of hydrogen-bond donors (Lipinski definition) is 2. The number of nitrogens with zero attached hydrogens (tertiary/aromatic N) is 5. The van der Waals surface area contributed by atoms with Crippen LogP contribution in [0.15, 0.2) is 36.7 Å². The molecule has 8 heteroatoms. The van der Waals surface area contributed by atoms with Crippen LogP contribution in [0.25, 0.3) is 22.2 Å². The van der Waals surface area contributed by atoms with E-state index in [9.17, 15) is 0 Å². The Hall–Kier alpha value is -3.39. The van der Waals surface area contributed by atoms with Crippen LogP contribution in [0.3, 0.4) is 0 Å². The number of ether oxygens (including phenoxy) is 1. The summed E-state index contributed by atoms with van der Waals surface area (Å²) in [6, 6.07) is 8.39. The van der Waals surface area contributed by atoms with Gasteiger partial charge in [-0.05, 0) is 56.0 Å². The Kier molecular flexibility index (Phi) is 5.30. The number of hydrogen-bond acceptors (Lipinski definition) is 7. The predicted octanol–water partition coefficient (Wildman–Crippen LogP) is 3.61. The Bertz CT molecular complexity index is 1200. The number of rotatable bonds is 6. The molecule has 0 bridgehead atoms. The quantitative estimate of drug-likeness (QED) is 0.496. The number of nitrogens with one attached hydrogen (secondary N) is 2. The molecule has 5 rings (SSSR count). The third-order valence-electron chi connectivity index (χ3n) is 5.55. The van der Waals surface area contributed by atoms with Crippen molar-refractivity contribution in [2.75, 3.05) is 18.5 Å². The number of pyridine rings is 1. The third-order valence-corrected chi connectivity index (χ3v) is 5.55. The number of aryl methyl sites for hydroxylation is 2. The number of aromatic nitrogens is 6. The molecule has 0 saturated carbocycles. The molecule has 8 nitrogen and oxygen atoms in total. The van der Waals surface area contributed by atoms with E-state index in [1.807, 2.05) is 19.3 Å². The van der Waals surface area contributed by atoms with E-state index in [1.165, 1.54) is 0 Å². The largest absolute Gasteiger partial charge is 0.376 e. The summed E-state index contributed by atoms with van der Waals surface area (Å²) in [5.41, 5.74) is 5.04. The van der Waals surface area contributed by atoms with Gasteiger partial charge in [0.1, 0.15) is 5.82 Å². The average Bonchev–Trinajstić information content (AvgIpc) is 3.45. The molecule has 1 aliphatic rings. The monoisotopic (exact) mass is 415 g/mol. The molecule has 1 aliphatic heterocycles. The van der Waals surface area contributed by atoms with Crippen LogP contribution in [0.1, 0.15) is 35.6 Å². The zero-order valence-electron chi connectivity index (χ0n) is 17.7. The van der Waals surface area contributed by atoms with Crippen molar-refractivity contribution < 1.29 is 4.74 Å². The van der Waals surface area contributed by atoms with Gasteiger partial charge in [0, 0.05) is 42.9 Å². The summed E-state index contributed by atoms with van der Waals surface area (Å²) in [7, 11) is 0. The van der Waals surface area contributed by atoms with E-state index in [0.29, 0.717) is 12.4 Å². The van der Waals surface area contributed by atoms with Gasteiger partial charge in [-0.3, -0.25) is 5.10 Å². The van der Waals surface area contributed by atoms with E-state index in [4.69, 9.17) is 9.72 Å². The van der Waals surface area contributed by atoms with Gasteiger partial charge in [-0.15, -0.1) is 0 Å². The molecular weight excluding hydrogens is 390 g/mol. The first-order valence-corrected chi connectivity index (χ1v) is 10.6. The van der Waals surface area contributed by atoms with Gasteiger partial charge in [0.25, 0.3) is 0 Å². The molecule has 3 aromatic heterocycles. The van der Waals surface area contributed by atoms with E-state index >= 15 is 0 Å². The SMILES string of the molecule is Cc1nc(Cc2ccc3nc(-c4cnc(NCC5CCCO5)nc4)cc(C)c3c2)n[nH]1. The maximum absolute atomic E-state index is 5.63. The summed E-state index contributed by atoms with van der Waals surface area (Å²) in [5.74, 6) is 2.24. The minimum absolute atomic E-state index is 0.255. The number of fused-ring (bicyclic) bond motifs is 1. The van der Waals surface area contributed by atoms with Gasteiger partial charge in [0.2, 0.25) is 5.95 Å². The molecule has 4 aromatic rings. The van der Waals surface area contributed by atoms with Crippen LogP contribution in [0.4, 0.5) is 5.95 Å². The maximum Gasteiger partial charge on any atom is 0.222 e. The molecule has 158 valence electrons. The molecule has 0 aliphatic carbocycles. The molecular formula is C23H25N7O. The van der Waals surface area contributed by atoms with Gasteiger partial charge < -0.3 is 10.1 Å². The topological polar surface area (TPSA) is 102 Å². The van der Waals surface area contributed by atoms with Gasteiger partial charge in [-0.25, -0.2) is 19.9 Å². The summed E-state index contributed by atoms with van der Waals surface area (Å²) in [4.78, 5) is 18.1.